The molecule has 0 aliphatic rings. The highest BCUT2D eigenvalue weighted by Gasteiger charge is 2.10. The van der Waals surface area contributed by atoms with Crippen LogP contribution < -0.4 is 10.1 Å². The molecule has 3 nitrogen and oxygen atoms in total. The van der Waals surface area contributed by atoms with Crippen LogP contribution in [0.3, 0.4) is 0 Å². The number of ether oxygens (including phenoxy) is 1. The zero-order chi connectivity index (χ0) is 16.7. The second kappa shape index (κ2) is 8.85. The molecule has 0 aliphatic heterocycles. The molecule has 0 radical (unpaired) electrons. The third kappa shape index (κ3) is 5.81. The predicted molar refractivity (Wildman–Crippen MR) is 96.3 cm³/mol. The summed E-state index contributed by atoms with van der Waals surface area (Å²) in [6.07, 6.45) is 0. The van der Waals surface area contributed by atoms with Crippen LogP contribution in [0.25, 0.3) is 0 Å². The number of halogens is 1. The van der Waals surface area contributed by atoms with Gasteiger partial charge in [0.2, 0.25) is 5.91 Å². The van der Waals surface area contributed by atoms with E-state index in [0.717, 1.165) is 16.2 Å². The lowest BCUT2D eigenvalue weighted by Crippen LogP contribution is -2.28. The highest BCUT2D eigenvalue weighted by molar-refractivity contribution is 8.00. The monoisotopic (exact) mass is 349 g/mol. The molecule has 2 aromatic rings. The van der Waals surface area contributed by atoms with Gasteiger partial charge >= 0.3 is 0 Å². The number of carbonyl (C=O) groups is 1. The van der Waals surface area contributed by atoms with Crippen LogP contribution >= 0.6 is 23.4 Å². The summed E-state index contributed by atoms with van der Waals surface area (Å²) in [6.45, 7) is 4.55. The summed E-state index contributed by atoms with van der Waals surface area (Å²) in [5.41, 5.74) is 0.997. The summed E-state index contributed by atoms with van der Waals surface area (Å²) in [5, 5.41) is 3.66. The number of rotatable bonds is 7. The van der Waals surface area contributed by atoms with Gasteiger partial charge in [-0.1, -0.05) is 23.7 Å². The van der Waals surface area contributed by atoms with Gasteiger partial charge in [-0.05, 0) is 55.8 Å². The van der Waals surface area contributed by atoms with Crippen molar-refractivity contribution in [3.8, 4) is 5.75 Å². The predicted octanol–water partition coefficient (Wildman–Crippen LogP) is 4.71. The van der Waals surface area contributed by atoms with Gasteiger partial charge < -0.3 is 10.1 Å². The molecule has 0 aromatic heterocycles. The summed E-state index contributed by atoms with van der Waals surface area (Å²) in [5.74, 6) is 1.21. The van der Waals surface area contributed by atoms with Gasteiger partial charge in [-0.25, -0.2) is 0 Å². The molecular formula is C18H20ClNO2S. The Bertz CT molecular complexity index is 646. The number of thioether (sulfide) groups is 1. The van der Waals surface area contributed by atoms with Gasteiger partial charge in [0.15, 0.2) is 0 Å². The molecule has 0 saturated carbocycles. The summed E-state index contributed by atoms with van der Waals surface area (Å²) in [6, 6.07) is 15.2. The fraction of sp³-hybridized carbons (Fsp3) is 0.278. The van der Waals surface area contributed by atoms with Crippen molar-refractivity contribution >= 4 is 29.3 Å². The van der Waals surface area contributed by atoms with E-state index in [1.807, 2.05) is 62.4 Å². The van der Waals surface area contributed by atoms with E-state index < -0.39 is 0 Å². The van der Waals surface area contributed by atoms with E-state index in [4.69, 9.17) is 16.3 Å². The molecule has 2 rings (SSSR count). The number of hydrogen-bond donors (Lipinski definition) is 1. The molecule has 1 unspecified atom stereocenters. The Hall–Kier alpha value is -1.65. The average molecular weight is 350 g/mol. The molecule has 2 aromatic carbocycles. The van der Waals surface area contributed by atoms with E-state index in [1.54, 1.807) is 0 Å². The van der Waals surface area contributed by atoms with Crippen molar-refractivity contribution in [1.82, 2.24) is 5.32 Å². The highest BCUT2D eigenvalue weighted by Crippen LogP contribution is 2.22. The van der Waals surface area contributed by atoms with Gasteiger partial charge in [0, 0.05) is 9.92 Å². The van der Waals surface area contributed by atoms with E-state index in [0.29, 0.717) is 17.4 Å². The molecule has 0 bridgehead atoms. The first-order valence-corrected chi connectivity index (χ1v) is 8.85. The number of benzene rings is 2. The Kier molecular flexibility index (Phi) is 6.81. The van der Waals surface area contributed by atoms with Crippen molar-refractivity contribution in [1.29, 1.82) is 0 Å². The Morgan fingerprint density at radius 3 is 2.65 bits per heavy atom. The van der Waals surface area contributed by atoms with Crippen molar-refractivity contribution in [2.24, 2.45) is 0 Å². The molecule has 5 heteroatoms. The van der Waals surface area contributed by atoms with E-state index in [2.05, 4.69) is 5.32 Å². The second-order valence-electron chi connectivity index (χ2n) is 5.04. The summed E-state index contributed by atoms with van der Waals surface area (Å²) in [7, 11) is 0. The number of hydrogen-bond acceptors (Lipinski definition) is 3. The van der Waals surface area contributed by atoms with Crippen molar-refractivity contribution < 1.29 is 9.53 Å². The molecule has 0 spiro atoms. The Morgan fingerprint density at radius 1 is 1.26 bits per heavy atom. The molecule has 1 atom stereocenters. The third-order valence-corrected chi connectivity index (χ3v) is 4.48. The van der Waals surface area contributed by atoms with E-state index >= 15 is 0 Å². The van der Waals surface area contributed by atoms with Crippen LogP contribution in [0.15, 0.2) is 53.4 Å². The van der Waals surface area contributed by atoms with Crippen molar-refractivity contribution in [2.75, 3.05) is 12.4 Å². The van der Waals surface area contributed by atoms with Crippen LogP contribution in [-0.4, -0.2) is 18.3 Å². The van der Waals surface area contributed by atoms with Crippen LogP contribution in [0.5, 0.6) is 5.75 Å². The Morgan fingerprint density at radius 2 is 2.00 bits per heavy atom. The van der Waals surface area contributed by atoms with Gasteiger partial charge in [-0.2, -0.15) is 0 Å². The average Bonchev–Trinajstić information content (AvgIpc) is 2.54. The van der Waals surface area contributed by atoms with Gasteiger partial charge in [0.1, 0.15) is 5.75 Å². The molecular weight excluding hydrogens is 330 g/mol. The van der Waals surface area contributed by atoms with Gasteiger partial charge in [0.25, 0.3) is 0 Å². The maximum Gasteiger partial charge on any atom is 0.230 e. The van der Waals surface area contributed by atoms with Crippen molar-refractivity contribution in [3.05, 3.63) is 59.1 Å². The largest absolute Gasteiger partial charge is 0.494 e. The van der Waals surface area contributed by atoms with E-state index in [9.17, 15) is 4.79 Å². The van der Waals surface area contributed by atoms with E-state index in [-0.39, 0.29) is 11.9 Å². The quantitative estimate of drug-likeness (QED) is 0.736. The van der Waals surface area contributed by atoms with Crippen LogP contribution in [-0.2, 0) is 4.79 Å². The molecule has 0 fully saturated rings. The standard InChI is InChI=1S/C18H20ClNO2S/c1-3-22-16-7-9-17(10-8-16)23-12-18(21)20-13(2)14-5-4-6-15(19)11-14/h4-11,13H,3,12H2,1-2H3,(H,20,21). The highest BCUT2D eigenvalue weighted by atomic mass is 35.5. The first-order valence-electron chi connectivity index (χ1n) is 7.49. The summed E-state index contributed by atoms with van der Waals surface area (Å²) < 4.78 is 5.40. The lowest BCUT2D eigenvalue weighted by Gasteiger charge is -2.14. The number of nitrogens with one attached hydrogen (secondary N) is 1. The molecule has 0 heterocycles. The molecule has 0 aliphatic carbocycles. The van der Waals surface area contributed by atoms with Crippen LogP contribution in [0.4, 0.5) is 0 Å². The molecule has 1 amide bonds. The fourth-order valence-corrected chi connectivity index (χ4v) is 3.00. The molecule has 122 valence electrons. The summed E-state index contributed by atoms with van der Waals surface area (Å²) >= 11 is 7.48. The van der Waals surface area contributed by atoms with Crippen LogP contribution in [0, 0.1) is 0 Å². The van der Waals surface area contributed by atoms with Crippen LogP contribution in [0.1, 0.15) is 25.5 Å². The Balaban J connectivity index is 1.82. The van der Waals surface area contributed by atoms with Gasteiger partial charge in [-0.3, -0.25) is 4.79 Å². The molecule has 0 saturated heterocycles. The lowest BCUT2D eigenvalue weighted by atomic mass is 10.1. The van der Waals surface area contributed by atoms with Gasteiger partial charge in [0.05, 0.1) is 18.4 Å². The van der Waals surface area contributed by atoms with Gasteiger partial charge in [-0.15, -0.1) is 11.8 Å². The lowest BCUT2D eigenvalue weighted by molar-refractivity contribution is -0.119. The number of carbonyl (C=O) groups excluding carboxylic acids is 1. The normalized spacial score (nSPS) is 11.8. The van der Waals surface area contributed by atoms with E-state index in [1.165, 1.54) is 11.8 Å². The topological polar surface area (TPSA) is 38.3 Å². The minimum Gasteiger partial charge on any atom is -0.494 e. The SMILES string of the molecule is CCOc1ccc(SCC(=O)NC(C)c2cccc(Cl)c2)cc1. The smallest absolute Gasteiger partial charge is 0.230 e. The summed E-state index contributed by atoms with van der Waals surface area (Å²) in [4.78, 5) is 13.1. The van der Waals surface area contributed by atoms with Crippen LogP contribution in [0.2, 0.25) is 5.02 Å². The van der Waals surface area contributed by atoms with Crippen molar-refractivity contribution in [2.45, 2.75) is 24.8 Å². The minimum atomic E-state index is -0.0675. The van der Waals surface area contributed by atoms with Crippen molar-refractivity contribution in [3.63, 3.8) is 0 Å². The maximum absolute atomic E-state index is 12.1. The first-order chi connectivity index (χ1) is 11.1. The molecule has 23 heavy (non-hydrogen) atoms. The Labute approximate surface area is 146 Å². The zero-order valence-electron chi connectivity index (χ0n) is 13.2. The maximum atomic E-state index is 12.1. The third-order valence-electron chi connectivity index (χ3n) is 3.23. The number of amides is 1. The fourth-order valence-electron chi connectivity index (χ4n) is 2.09. The second-order valence-corrected chi connectivity index (χ2v) is 6.52. The molecule has 1 N–H and O–H groups in total. The zero-order valence-corrected chi connectivity index (χ0v) is 14.8. The first kappa shape index (κ1) is 17.7. The minimum absolute atomic E-state index is 0.00337.